The molecule has 0 fully saturated rings. The maximum atomic E-state index is 4.67. The highest BCUT2D eigenvalue weighted by Gasteiger charge is 2.08. The van der Waals surface area contributed by atoms with E-state index in [1.165, 1.54) is 16.8 Å². The predicted molar refractivity (Wildman–Crippen MR) is 105 cm³/mol. The third-order valence-corrected chi connectivity index (χ3v) is 4.21. The molecule has 2 aromatic rings. The first kappa shape index (κ1) is 17.1. The molecule has 2 heterocycles. The Morgan fingerprint density at radius 2 is 1.96 bits per heavy atom. The zero-order valence-corrected chi connectivity index (χ0v) is 15.1. The fraction of sp³-hybridized carbons (Fsp3) is 0.350. The van der Waals surface area contributed by atoms with E-state index in [9.17, 15) is 0 Å². The predicted octanol–water partition coefficient (Wildman–Crippen LogP) is 2.66. The van der Waals surface area contributed by atoms with E-state index >= 15 is 0 Å². The van der Waals surface area contributed by atoms with Crippen LogP contribution in [-0.2, 0) is 20.1 Å². The minimum atomic E-state index is 0.676. The summed E-state index contributed by atoms with van der Waals surface area (Å²) in [5, 5.41) is 6.74. The fourth-order valence-corrected chi connectivity index (χ4v) is 2.90. The topological polar surface area (TPSA) is 44.6 Å². The van der Waals surface area contributed by atoms with E-state index in [1.807, 2.05) is 17.8 Å². The largest absolute Gasteiger partial charge is 0.364 e. The lowest BCUT2D eigenvalue weighted by molar-refractivity contribution is 0.814. The average Bonchev–Trinajstić information content (AvgIpc) is 3.29. The molecule has 25 heavy (non-hydrogen) atoms. The lowest BCUT2D eigenvalue weighted by Gasteiger charge is -2.19. The van der Waals surface area contributed by atoms with Gasteiger partial charge in [0, 0.05) is 51.3 Å². The van der Waals surface area contributed by atoms with Gasteiger partial charge in [-0.2, -0.15) is 0 Å². The van der Waals surface area contributed by atoms with Crippen molar-refractivity contribution in [2.45, 2.75) is 20.0 Å². The number of rotatable bonds is 6. The zero-order chi connectivity index (χ0) is 17.5. The van der Waals surface area contributed by atoms with Gasteiger partial charge in [0.1, 0.15) is 0 Å². The molecule has 1 aromatic carbocycles. The highest BCUT2D eigenvalue weighted by Crippen LogP contribution is 2.18. The summed E-state index contributed by atoms with van der Waals surface area (Å²) >= 11 is 0. The van der Waals surface area contributed by atoms with E-state index in [2.05, 4.69) is 76.1 Å². The number of nitrogens with zero attached hydrogens (tertiary/aromatic N) is 3. The van der Waals surface area contributed by atoms with Crippen LogP contribution in [0.1, 0.15) is 18.1 Å². The molecule has 5 heteroatoms. The monoisotopic (exact) mass is 337 g/mol. The molecule has 0 aliphatic carbocycles. The SMILES string of the molecule is CCNC(=NCc1ccn(C)c1)NCc1cccc(N2CC=CC2)c1. The molecular weight excluding hydrogens is 310 g/mol. The van der Waals surface area contributed by atoms with Gasteiger partial charge in [-0.1, -0.05) is 24.3 Å². The first-order valence-electron chi connectivity index (χ1n) is 8.86. The fourth-order valence-electron chi connectivity index (χ4n) is 2.90. The van der Waals surface area contributed by atoms with Crippen LogP contribution < -0.4 is 15.5 Å². The number of anilines is 1. The van der Waals surface area contributed by atoms with Gasteiger partial charge >= 0.3 is 0 Å². The quantitative estimate of drug-likeness (QED) is 0.484. The first-order valence-corrected chi connectivity index (χ1v) is 8.86. The molecular formula is C20H27N5. The van der Waals surface area contributed by atoms with Crippen molar-refractivity contribution in [3.63, 3.8) is 0 Å². The molecule has 3 rings (SSSR count). The van der Waals surface area contributed by atoms with Crippen LogP contribution in [0.25, 0.3) is 0 Å². The van der Waals surface area contributed by atoms with Gasteiger partial charge < -0.3 is 20.1 Å². The van der Waals surface area contributed by atoms with Crippen LogP contribution in [0, 0.1) is 0 Å². The van der Waals surface area contributed by atoms with E-state index in [1.54, 1.807) is 0 Å². The minimum absolute atomic E-state index is 0.676. The summed E-state index contributed by atoms with van der Waals surface area (Å²) < 4.78 is 2.05. The Labute approximate surface area is 150 Å². The van der Waals surface area contributed by atoms with Crippen LogP contribution >= 0.6 is 0 Å². The van der Waals surface area contributed by atoms with Gasteiger partial charge in [0.25, 0.3) is 0 Å². The molecule has 0 saturated carbocycles. The number of benzene rings is 1. The van der Waals surface area contributed by atoms with E-state index < -0.39 is 0 Å². The molecule has 132 valence electrons. The summed E-state index contributed by atoms with van der Waals surface area (Å²) in [5.41, 5.74) is 3.74. The van der Waals surface area contributed by atoms with Gasteiger partial charge in [-0.3, -0.25) is 0 Å². The molecule has 1 aromatic heterocycles. The number of hydrogen-bond acceptors (Lipinski definition) is 2. The minimum Gasteiger partial charge on any atom is -0.364 e. The summed E-state index contributed by atoms with van der Waals surface area (Å²) in [6.45, 7) is 6.36. The zero-order valence-electron chi connectivity index (χ0n) is 15.1. The van der Waals surface area contributed by atoms with Gasteiger partial charge in [-0.15, -0.1) is 0 Å². The van der Waals surface area contributed by atoms with Gasteiger partial charge in [0.05, 0.1) is 6.54 Å². The Bertz CT molecular complexity index is 736. The molecule has 0 saturated heterocycles. The normalized spacial score (nSPS) is 14.2. The third-order valence-electron chi connectivity index (χ3n) is 4.21. The van der Waals surface area contributed by atoms with Crippen molar-refractivity contribution >= 4 is 11.6 Å². The van der Waals surface area contributed by atoms with Crippen molar-refractivity contribution in [1.29, 1.82) is 0 Å². The highest BCUT2D eigenvalue weighted by atomic mass is 15.2. The van der Waals surface area contributed by atoms with Crippen LogP contribution in [0.15, 0.2) is 59.9 Å². The van der Waals surface area contributed by atoms with Crippen LogP contribution in [-0.4, -0.2) is 30.2 Å². The highest BCUT2D eigenvalue weighted by molar-refractivity contribution is 5.79. The lowest BCUT2D eigenvalue weighted by Crippen LogP contribution is -2.36. The molecule has 0 radical (unpaired) electrons. The lowest BCUT2D eigenvalue weighted by atomic mass is 10.2. The van der Waals surface area contributed by atoms with Crippen LogP contribution in [0.5, 0.6) is 0 Å². The summed E-state index contributed by atoms with van der Waals surface area (Å²) in [7, 11) is 2.03. The second-order valence-electron chi connectivity index (χ2n) is 6.28. The Hall–Kier alpha value is -2.69. The maximum Gasteiger partial charge on any atom is 0.191 e. The number of nitrogens with one attached hydrogen (secondary N) is 2. The summed E-state index contributed by atoms with van der Waals surface area (Å²) in [6, 6.07) is 10.8. The third kappa shape index (κ3) is 4.89. The van der Waals surface area contributed by atoms with Crippen molar-refractivity contribution in [2.24, 2.45) is 12.0 Å². The summed E-state index contributed by atoms with van der Waals surface area (Å²) in [5.74, 6) is 0.847. The number of aromatic nitrogens is 1. The van der Waals surface area contributed by atoms with Gasteiger partial charge in [-0.25, -0.2) is 4.99 Å². The summed E-state index contributed by atoms with van der Waals surface area (Å²) in [4.78, 5) is 7.03. The van der Waals surface area contributed by atoms with Gasteiger partial charge in [0.2, 0.25) is 0 Å². The molecule has 0 bridgehead atoms. The number of hydrogen-bond donors (Lipinski definition) is 2. The number of aryl methyl sites for hydroxylation is 1. The van der Waals surface area contributed by atoms with Gasteiger partial charge in [0.15, 0.2) is 5.96 Å². The Kier molecular flexibility index (Phi) is 5.77. The molecule has 1 aliphatic rings. The first-order chi connectivity index (χ1) is 12.2. The average molecular weight is 337 g/mol. The maximum absolute atomic E-state index is 4.67. The Morgan fingerprint density at radius 1 is 1.12 bits per heavy atom. The van der Waals surface area contributed by atoms with E-state index in [-0.39, 0.29) is 0 Å². The van der Waals surface area contributed by atoms with Crippen molar-refractivity contribution < 1.29 is 0 Å². The smallest absolute Gasteiger partial charge is 0.191 e. The van der Waals surface area contributed by atoms with Crippen molar-refractivity contribution in [1.82, 2.24) is 15.2 Å². The molecule has 0 spiro atoms. The molecule has 5 nitrogen and oxygen atoms in total. The van der Waals surface area contributed by atoms with E-state index in [0.29, 0.717) is 6.54 Å². The van der Waals surface area contributed by atoms with Crippen molar-refractivity contribution in [3.05, 3.63) is 66.0 Å². The summed E-state index contributed by atoms with van der Waals surface area (Å²) in [6.07, 6.45) is 8.57. The second kappa shape index (κ2) is 8.42. The van der Waals surface area contributed by atoms with Crippen LogP contribution in [0.3, 0.4) is 0 Å². The Balaban J connectivity index is 1.60. The van der Waals surface area contributed by atoms with E-state index in [4.69, 9.17) is 0 Å². The van der Waals surface area contributed by atoms with Crippen LogP contribution in [0.2, 0.25) is 0 Å². The molecule has 2 N–H and O–H groups in total. The van der Waals surface area contributed by atoms with E-state index in [0.717, 1.165) is 32.1 Å². The molecule has 0 atom stereocenters. The molecule has 0 amide bonds. The van der Waals surface area contributed by atoms with Crippen LogP contribution in [0.4, 0.5) is 5.69 Å². The Morgan fingerprint density at radius 3 is 2.68 bits per heavy atom. The number of aliphatic imine (C=N–C) groups is 1. The number of guanidine groups is 1. The van der Waals surface area contributed by atoms with Crippen molar-refractivity contribution in [2.75, 3.05) is 24.5 Å². The molecule has 1 aliphatic heterocycles. The van der Waals surface area contributed by atoms with Crippen molar-refractivity contribution in [3.8, 4) is 0 Å². The van der Waals surface area contributed by atoms with Gasteiger partial charge in [-0.05, 0) is 36.2 Å². The standard InChI is InChI=1S/C20H27N5/c1-3-21-20(23-15-18-9-12-24(2)16-18)22-14-17-7-6-8-19(13-17)25-10-4-5-11-25/h4-9,12-13,16H,3,10-11,14-15H2,1-2H3,(H2,21,22,23). The second-order valence-corrected chi connectivity index (χ2v) is 6.28. The molecule has 0 unspecified atom stereocenters.